The van der Waals surface area contributed by atoms with Crippen LogP contribution >= 0.6 is 0 Å². The minimum absolute atomic E-state index is 0.0134. The SMILES string of the molecule is CN(C)C(=O)CNC(=O)[C@H]1C2C=CC(C2)[C@H]1C(=O)O. The molecule has 2 aliphatic rings. The van der Waals surface area contributed by atoms with Gasteiger partial charge in [0.05, 0.1) is 18.4 Å². The number of carboxylic acids is 1. The van der Waals surface area contributed by atoms with Crippen molar-refractivity contribution in [2.24, 2.45) is 23.7 Å². The summed E-state index contributed by atoms with van der Waals surface area (Å²) >= 11 is 0. The van der Waals surface area contributed by atoms with E-state index in [0.717, 1.165) is 6.42 Å². The summed E-state index contributed by atoms with van der Waals surface area (Å²) in [5.41, 5.74) is 0. The first-order chi connectivity index (χ1) is 8.91. The molecule has 0 aromatic heterocycles. The van der Waals surface area contributed by atoms with Crippen LogP contribution in [-0.2, 0) is 14.4 Å². The minimum Gasteiger partial charge on any atom is -0.481 e. The van der Waals surface area contributed by atoms with Crippen molar-refractivity contribution < 1.29 is 19.5 Å². The molecule has 6 nitrogen and oxygen atoms in total. The Balaban J connectivity index is 2.00. The first-order valence-corrected chi connectivity index (χ1v) is 6.30. The molecule has 2 rings (SSSR count). The molecule has 1 saturated carbocycles. The predicted molar refractivity (Wildman–Crippen MR) is 67.1 cm³/mol. The van der Waals surface area contributed by atoms with Crippen LogP contribution in [-0.4, -0.2) is 48.4 Å². The van der Waals surface area contributed by atoms with Gasteiger partial charge in [0.1, 0.15) is 0 Å². The van der Waals surface area contributed by atoms with Gasteiger partial charge in [-0.15, -0.1) is 0 Å². The van der Waals surface area contributed by atoms with Crippen molar-refractivity contribution in [1.82, 2.24) is 10.2 Å². The van der Waals surface area contributed by atoms with Crippen LogP contribution in [0.2, 0.25) is 0 Å². The molecule has 2 amide bonds. The van der Waals surface area contributed by atoms with Gasteiger partial charge in [0, 0.05) is 14.1 Å². The van der Waals surface area contributed by atoms with E-state index in [1.807, 2.05) is 12.2 Å². The number of nitrogens with zero attached hydrogens (tertiary/aromatic N) is 1. The Bertz CT molecular complexity index is 444. The highest BCUT2D eigenvalue weighted by Crippen LogP contribution is 2.48. The molecular formula is C13H18N2O4. The normalized spacial score (nSPS) is 31.3. The summed E-state index contributed by atoms with van der Waals surface area (Å²) in [6, 6.07) is 0. The third-order valence-corrected chi connectivity index (χ3v) is 3.96. The van der Waals surface area contributed by atoms with Gasteiger partial charge in [-0.05, 0) is 18.3 Å². The molecule has 0 aliphatic heterocycles. The van der Waals surface area contributed by atoms with E-state index in [0.29, 0.717) is 0 Å². The van der Waals surface area contributed by atoms with Gasteiger partial charge < -0.3 is 15.3 Å². The molecule has 1 fully saturated rings. The van der Waals surface area contributed by atoms with Crippen LogP contribution in [0.4, 0.5) is 0 Å². The lowest BCUT2D eigenvalue weighted by Crippen LogP contribution is -2.43. The van der Waals surface area contributed by atoms with Gasteiger partial charge in [-0.1, -0.05) is 12.2 Å². The van der Waals surface area contributed by atoms with Crippen molar-refractivity contribution in [3.05, 3.63) is 12.2 Å². The maximum absolute atomic E-state index is 12.1. The lowest BCUT2D eigenvalue weighted by molar-refractivity contribution is -0.147. The van der Waals surface area contributed by atoms with E-state index in [1.54, 1.807) is 14.1 Å². The Kier molecular flexibility index (Phi) is 3.59. The number of carboxylic acid groups (broad SMARTS) is 1. The third kappa shape index (κ3) is 2.47. The number of carbonyl (C=O) groups excluding carboxylic acids is 2. The second kappa shape index (κ2) is 5.03. The largest absolute Gasteiger partial charge is 0.481 e. The fourth-order valence-electron chi connectivity index (χ4n) is 2.96. The quantitative estimate of drug-likeness (QED) is 0.685. The van der Waals surface area contributed by atoms with Gasteiger partial charge in [-0.25, -0.2) is 0 Å². The molecule has 0 aromatic carbocycles. The van der Waals surface area contributed by atoms with E-state index >= 15 is 0 Å². The number of likely N-dealkylation sites (N-methyl/N-ethyl adjacent to an activating group) is 1. The Morgan fingerprint density at radius 1 is 1.21 bits per heavy atom. The van der Waals surface area contributed by atoms with Crippen molar-refractivity contribution in [1.29, 1.82) is 0 Å². The highest BCUT2D eigenvalue weighted by Gasteiger charge is 2.51. The molecule has 2 N–H and O–H groups in total. The summed E-state index contributed by atoms with van der Waals surface area (Å²) in [5, 5.41) is 11.8. The van der Waals surface area contributed by atoms with E-state index < -0.39 is 17.8 Å². The summed E-state index contributed by atoms with van der Waals surface area (Å²) in [6.07, 6.45) is 4.52. The number of hydrogen-bond acceptors (Lipinski definition) is 3. The number of nitrogens with one attached hydrogen (secondary N) is 1. The van der Waals surface area contributed by atoms with Gasteiger partial charge in [0.15, 0.2) is 0 Å². The van der Waals surface area contributed by atoms with E-state index in [1.165, 1.54) is 4.90 Å². The molecule has 2 aliphatic carbocycles. The van der Waals surface area contributed by atoms with Crippen molar-refractivity contribution in [2.75, 3.05) is 20.6 Å². The van der Waals surface area contributed by atoms with Crippen LogP contribution in [0, 0.1) is 23.7 Å². The van der Waals surface area contributed by atoms with E-state index in [-0.39, 0.29) is 30.2 Å². The maximum Gasteiger partial charge on any atom is 0.307 e. The maximum atomic E-state index is 12.1. The van der Waals surface area contributed by atoms with Gasteiger partial charge in [0.25, 0.3) is 0 Å². The fraction of sp³-hybridized carbons (Fsp3) is 0.615. The van der Waals surface area contributed by atoms with Crippen LogP contribution in [0.15, 0.2) is 12.2 Å². The average Bonchev–Trinajstić information content (AvgIpc) is 2.94. The van der Waals surface area contributed by atoms with Gasteiger partial charge >= 0.3 is 5.97 Å². The Hall–Kier alpha value is -1.85. The second-order valence-corrected chi connectivity index (χ2v) is 5.34. The van der Waals surface area contributed by atoms with Gasteiger partial charge in [-0.3, -0.25) is 14.4 Å². The molecule has 0 spiro atoms. The van der Waals surface area contributed by atoms with Crippen LogP contribution in [0.5, 0.6) is 0 Å². The summed E-state index contributed by atoms with van der Waals surface area (Å²) in [7, 11) is 3.21. The first kappa shape index (κ1) is 13.6. The van der Waals surface area contributed by atoms with Crippen molar-refractivity contribution in [2.45, 2.75) is 6.42 Å². The molecule has 0 radical (unpaired) electrons. The molecule has 4 atom stereocenters. The van der Waals surface area contributed by atoms with Crippen LogP contribution in [0.1, 0.15) is 6.42 Å². The Morgan fingerprint density at radius 2 is 1.79 bits per heavy atom. The first-order valence-electron chi connectivity index (χ1n) is 6.30. The van der Waals surface area contributed by atoms with Crippen molar-refractivity contribution >= 4 is 17.8 Å². The zero-order valence-electron chi connectivity index (χ0n) is 11.0. The van der Waals surface area contributed by atoms with Crippen LogP contribution in [0.3, 0.4) is 0 Å². The number of carbonyl (C=O) groups is 3. The number of amides is 2. The minimum atomic E-state index is -0.934. The molecule has 0 aromatic rings. The smallest absolute Gasteiger partial charge is 0.307 e. The number of aliphatic carboxylic acids is 1. The monoisotopic (exact) mass is 266 g/mol. The zero-order chi connectivity index (χ0) is 14.2. The molecule has 19 heavy (non-hydrogen) atoms. The van der Waals surface area contributed by atoms with Crippen molar-refractivity contribution in [3.8, 4) is 0 Å². The lowest BCUT2D eigenvalue weighted by atomic mass is 9.82. The average molecular weight is 266 g/mol. The number of fused-ring (bicyclic) bond motifs is 2. The zero-order valence-corrected chi connectivity index (χ0v) is 11.0. The molecule has 0 heterocycles. The predicted octanol–water partition coefficient (Wildman–Crippen LogP) is -0.286. The van der Waals surface area contributed by atoms with E-state index in [4.69, 9.17) is 0 Å². The van der Waals surface area contributed by atoms with Crippen LogP contribution in [0.25, 0.3) is 0 Å². The van der Waals surface area contributed by atoms with E-state index in [9.17, 15) is 19.5 Å². The summed E-state index contributed by atoms with van der Waals surface area (Å²) < 4.78 is 0. The van der Waals surface area contributed by atoms with E-state index in [2.05, 4.69) is 5.32 Å². The molecule has 2 bridgehead atoms. The fourth-order valence-corrected chi connectivity index (χ4v) is 2.96. The van der Waals surface area contributed by atoms with Crippen molar-refractivity contribution in [3.63, 3.8) is 0 Å². The lowest BCUT2D eigenvalue weighted by Gasteiger charge is -2.24. The highest BCUT2D eigenvalue weighted by atomic mass is 16.4. The molecule has 2 unspecified atom stereocenters. The molecule has 0 saturated heterocycles. The third-order valence-electron chi connectivity index (χ3n) is 3.96. The van der Waals surface area contributed by atoms with Crippen LogP contribution < -0.4 is 5.32 Å². The molecular weight excluding hydrogens is 248 g/mol. The summed E-state index contributed by atoms with van der Waals surface area (Å²) in [4.78, 5) is 36.2. The van der Waals surface area contributed by atoms with Gasteiger partial charge in [-0.2, -0.15) is 0 Å². The topological polar surface area (TPSA) is 86.7 Å². The Morgan fingerprint density at radius 3 is 2.32 bits per heavy atom. The number of rotatable bonds is 4. The summed E-state index contributed by atoms with van der Waals surface area (Å²) in [6.45, 7) is -0.0875. The number of allylic oxidation sites excluding steroid dienone is 2. The molecule has 6 heteroatoms. The van der Waals surface area contributed by atoms with Gasteiger partial charge in [0.2, 0.25) is 11.8 Å². The second-order valence-electron chi connectivity index (χ2n) is 5.34. The Labute approximate surface area is 111 Å². The number of hydrogen-bond donors (Lipinski definition) is 2. The highest BCUT2D eigenvalue weighted by molar-refractivity contribution is 5.89. The standard InChI is InChI=1S/C13H18N2O4/c1-15(2)9(16)6-14-12(17)10-7-3-4-8(5-7)11(10)13(18)19/h3-4,7-8,10-11H,5-6H2,1-2H3,(H,14,17)(H,18,19)/t7?,8?,10-,11+/m0/s1. The molecule has 104 valence electrons. The summed E-state index contributed by atoms with van der Waals surface area (Å²) in [5.74, 6) is -2.76.